The maximum Gasteiger partial charge on any atom is 0.411 e. The van der Waals surface area contributed by atoms with Crippen molar-refractivity contribution < 1.29 is 9.53 Å². The van der Waals surface area contributed by atoms with E-state index in [0.29, 0.717) is 6.54 Å². The molecule has 1 fully saturated rings. The number of ether oxygens (including phenoxy) is 1. The molecule has 0 bridgehead atoms. The molecule has 0 saturated heterocycles. The Morgan fingerprint density at radius 2 is 2.17 bits per heavy atom. The van der Waals surface area contributed by atoms with Crippen molar-refractivity contribution in [3.63, 3.8) is 0 Å². The molecule has 1 aromatic carbocycles. The highest BCUT2D eigenvalue weighted by molar-refractivity contribution is 5.86. The number of nitrogens with one attached hydrogen (secondary N) is 1. The number of hydrogen-bond donors (Lipinski definition) is 2. The number of aryl methyl sites for hydroxylation is 1. The summed E-state index contributed by atoms with van der Waals surface area (Å²) in [7, 11) is 0. The maximum atomic E-state index is 11.8. The Balaban J connectivity index is 2.00. The zero-order chi connectivity index (χ0) is 13.0. The van der Waals surface area contributed by atoms with E-state index >= 15 is 0 Å². The normalized spacial score (nSPS) is 15.7. The van der Waals surface area contributed by atoms with Crippen molar-refractivity contribution in [2.24, 2.45) is 5.73 Å². The Labute approximate surface area is 108 Å². The fraction of sp³-hybridized carbons (Fsp3) is 0.500. The van der Waals surface area contributed by atoms with Crippen LogP contribution in [0.1, 0.15) is 36.8 Å². The molecule has 0 heterocycles. The Morgan fingerprint density at radius 3 is 2.83 bits per heavy atom. The van der Waals surface area contributed by atoms with E-state index in [0.717, 1.165) is 42.5 Å². The first-order valence-electron chi connectivity index (χ1n) is 6.47. The second kappa shape index (κ2) is 5.87. The minimum atomic E-state index is -0.373. The molecule has 98 valence electrons. The van der Waals surface area contributed by atoms with Gasteiger partial charge in [0, 0.05) is 12.2 Å². The lowest BCUT2D eigenvalue weighted by Gasteiger charge is -2.15. The number of amides is 1. The number of anilines is 1. The molecule has 2 rings (SSSR count). The molecule has 3 N–H and O–H groups in total. The summed E-state index contributed by atoms with van der Waals surface area (Å²) in [4.78, 5) is 11.8. The van der Waals surface area contributed by atoms with Gasteiger partial charge < -0.3 is 10.5 Å². The molecule has 0 aliphatic heterocycles. The van der Waals surface area contributed by atoms with Gasteiger partial charge in [-0.1, -0.05) is 12.1 Å². The van der Waals surface area contributed by atoms with E-state index in [2.05, 4.69) is 5.32 Å². The summed E-state index contributed by atoms with van der Waals surface area (Å²) in [5.41, 5.74) is 8.49. The standard InChI is InChI=1S/C14H20N2O2/c1-10-5-4-8-13(12(10)9-15)16-14(17)18-11-6-2-3-7-11/h4-5,8,11H,2-3,6-7,9,15H2,1H3,(H,16,17). The van der Waals surface area contributed by atoms with Gasteiger partial charge in [-0.3, -0.25) is 5.32 Å². The summed E-state index contributed by atoms with van der Waals surface area (Å²) in [5, 5.41) is 2.79. The van der Waals surface area contributed by atoms with Gasteiger partial charge in [-0.2, -0.15) is 0 Å². The smallest absolute Gasteiger partial charge is 0.411 e. The topological polar surface area (TPSA) is 64.3 Å². The molecule has 0 radical (unpaired) electrons. The average molecular weight is 248 g/mol. The Bertz CT molecular complexity index is 426. The van der Waals surface area contributed by atoms with Gasteiger partial charge in [-0.25, -0.2) is 4.79 Å². The molecule has 0 unspecified atom stereocenters. The third kappa shape index (κ3) is 3.01. The minimum Gasteiger partial charge on any atom is -0.446 e. The van der Waals surface area contributed by atoms with Crippen LogP contribution < -0.4 is 11.1 Å². The minimum absolute atomic E-state index is 0.0798. The zero-order valence-corrected chi connectivity index (χ0v) is 10.7. The predicted molar refractivity (Wildman–Crippen MR) is 71.4 cm³/mol. The third-order valence-electron chi connectivity index (χ3n) is 3.43. The lowest BCUT2D eigenvalue weighted by atomic mass is 10.1. The number of carbonyl (C=O) groups is 1. The first-order chi connectivity index (χ1) is 8.70. The first kappa shape index (κ1) is 12.9. The van der Waals surface area contributed by atoms with Crippen LogP contribution in [0.5, 0.6) is 0 Å². The number of nitrogens with two attached hydrogens (primary N) is 1. The molecule has 1 saturated carbocycles. The summed E-state index contributed by atoms with van der Waals surface area (Å²) in [6.45, 7) is 2.39. The molecule has 1 aliphatic rings. The van der Waals surface area contributed by atoms with Gasteiger partial charge in [0.25, 0.3) is 0 Å². The Hall–Kier alpha value is -1.55. The number of carbonyl (C=O) groups excluding carboxylic acids is 1. The number of benzene rings is 1. The first-order valence-corrected chi connectivity index (χ1v) is 6.47. The van der Waals surface area contributed by atoms with E-state index in [1.807, 2.05) is 25.1 Å². The van der Waals surface area contributed by atoms with Crippen LogP contribution in [0.15, 0.2) is 18.2 Å². The summed E-state index contributed by atoms with van der Waals surface area (Å²) in [6.07, 6.45) is 3.96. The Kier molecular flexibility index (Phi) is 4.20. The van der Waals surface area contributed by atoms with Crippen molar-refractivity contribution in [2.45, 2.75) is 45.3 Å². The van der Waals surface area contributed by atoms with Gasteiger partial charge >= 0.3 is 6.09 Å². The third-order valence-corrected chi connectivity index (χ3v) is 3.43. The van der Waals surface area contributed by atoms with Crippen molar-refractivity contribution in [3.05, 3.63) is 29.3 Å². The van der Waals surface area contributed by atoms with Crippen LogP contribution in [-0.4, -0.2) is 12.2 Å². The Morgan fingerprint density at radius 1 is 1.44 bits per heavy atom. The van der Waals surface area contributed by atoms with Gasteiger partial charge in [-0.05, 0) is 49.8 Å². The second-order valence-electron chi connectivity index (χ2n) is 4.74. The average Bonchev–Trinajstić information content (AvgIpc) is 2.82. The van der Waals surface area contributed by atoms with Gasteiger partial charge in [0.05, 0.1) is 0 Å². The summed E-state index contributed by atoms with van der Waals surface area (Å²) in [6, 6.07) is 5.74. The van der Waals surface area contributed by atoms with Crippen molar-refractivity contribution >= 4 is 11.8 Å². The van der Waals surface area contributed by atoms with E-state index in [4.69, 9.17) is 10.5 Å². The molecule has 4 nitrogen and oxygen atoms in total. The predicted octanol–water partition coefficient (Wildman–Crippen LogP) is 2.94. The van der Waals surface area contributed by atoms with E-state index in [1.54, 1.807) is 0 Å². The van der Waals surface area contributed by atoms with Crippen molar-refractivity contribution in [1.29, 1.82) is 0 Å². The van der Waals surface area contributed by atoms with Crippen molar-refractivity contribution in [2.75, 3.05) is 5.32 Å². The number of hydrogen-bond acceptors (Lipinski definition) is 3. The molecule has 0 spiro atoms. The van der Waals surface area contributed by atoms with Gasteiger partial charge in [0.15, 0.2) is 0 Å². The van der Waals surface area contributed by atoms with Crippen LogP contribution in [0.4, 0.5) is 10.5 Å². The lowest BCUT2D eigenvalue weighted by molar-refractivity contribution is 0.114. The van der Waals surface area contributed by atoms with Crippen LogP contribution in [-0.2, 0) is 11.3 Å². The van der Waals surface area contributed by atoms with Gasteiger partial charge in [0.2, 0.25) is 0 Å². The summed E-state index contributed by atoms with van der Waals surface area (Å²) < 4.78 is 5.36. The van der Waals surface area contributed by atoms with E-state index in [9.17, 15) is 4.79 Å². The quantitative estimate of drug-likeness (QED) is 0.864. The molecule has 1 aromatic rings. The van der Waals surface area contributed by atoms with E-state index in [-0.39, 0.29) is 12.2 Å². The molecular weight excluding hydrogens is 228 g/mol. The zero-order valence-electron chi connectivity index (χ0n) is 10.7. The molecular formula is C14H20N2O2. The summed E-state index contributed by atoms with van der Waals surface area (Å²) >= 11 is 0. The fourth-order valence-electron chi connectivity index (χ4n) is 2.39. The molecule has 0 atom stereocenters. The molecule has 18 heavy (non-hydrogen) atoms. The fourth-order valence-corrected chi connectivity index (χ4v) is 2.39. The highest BCUT2D eigenvalue weighted by atomic mass is 16.6. The summed E-state index contributed by atoms with van der Waals surface area (Å²) in [5.74, 6) is 0. The van der Waals surface area contributed by atoms with Crippen molar-refractivity contribution in [1.82, 2.24) is 0 Å². The highest BCUT2D eigenvalue weighted by Crippen LogP contribution is 2.23. The largest absolute Gasteiger partial charge is 0.446 e. The molecule has 0 aromatic heterocycles. The SMILES string of the molecule is Cc1cccc(NC(=O)OC2CCCC2)c1CN. The maximum absolute atomic E-state index is 11.8. The van der Waals surface area contributed by atoms with Crippen molar-refractivity contribution in [3.8, 4) is 0 Å². The molecule has 1 aliphatic carbocycles. The van der Waals surface area contributed by atoms with Crippen LogP contribution in [0.25, 0.3) is 0 Å². The second-order valence-corrected chi connectivity index (χ2v) is 4.74. The van der Waals surface area contributed by atoms with Gasteiger partial charge in [-0.15, -0.1) is 0 Å². The monoisotopic (exact) mass is 248 g/mol. The number of rotatable bonds is 3. The van der Waals surface area contributed by atoms with Crippen LogP contribution in [0.3, 0.4) is 0 Å². The van der Waals surface area contributed by atoms with Crippen LogP contribution >= 0.6 is 0 Å². The highest BCUT2D eigenvalue weighted by Gasteiger charge is 2.19. The molecule has 4 heteroatoms. The lowest BCUT2D eigenvalue weighted by Crippen LogP contribution is -2.21. The van der Waals surface area contributed by atoms with Crippen LogP contribution in [0.2, 0.25) is 0 Å². The van der Waals surface area contributed by atoms with Gasteiger partial charge in [0.1, 0.15) is 6.10 Å². The van der Waals surface area contributed by atoms with Crippen LogP contribution in [0, 0.1) is 6.92 Å². The van der Waals surface area contributed by atoms with E-state index in [1.165, 1.54) is 0 Å². The molecule has 1 amide bonds. The van der Waals surface area contributed by atoms with E-state index < -0.39 is 0 Å².